The second-order valence-corrected chi connectivity index (χ2v) is 7.60. The molecule has 2 amide bonds. The van der Waals surface area contributed by atoms with Gasteiger partial charge in [-0.1, -0.05) is 0 Å². The second-order valence-electron chi connectivity index (χ2n) is 7.60. The van der Waals surface area contributed by atoms with Crippen LogP contribution in [0.3, 0.4) is 0 Å². The molecule has 1 aliphatic rings. The van der Waals surface area contributed by atoms with E-state index in [1.807, 2.05) is 4.90 Å². The monoisotopic (exact) mass is 450 g/mol. The highest BCUT2D eigenvalue weighted by Gasteiger charge is 2.22. The summed E-state index contributed by atoms with van der Waals surface area (Å²) in [6.45, 7) is 3.86. The molecule has 1 N–H and O–H groups in total. The van der Waals surface area contributed by atoms with E-state index >= 15 is 0 Å². The molecule has 1 aromatic heterocycles. The zero-order chi connectivity index (χ0) is 22.9. The third-order valence-corrected chi connectivity index (χ3v) is 5.24. The molecule has 0 radical (unpaired) electrons. The summed E-state index contributed by atoms with van der Waals surface area (Å²) >= 11 is 0. The number of hydrogen-bond acceptors (Lipinski definition) is 6. The Labute approximate surface area is 185 Å². The lowest BCUT2D eigenvalue weighted by molar-refractivity contribution is -0.133. The molecule has 174 valence electrons. The second kappa shape index (κ2) is 11.7. The number of carbonyl (C=O) groups excluding carboxylic acids is 2. The number of hydrogen-bond donors (Lipinski definition) is 1. The normalized spacial score (nSPS) is 14.5. The molecule has 0 atom stereocenters. The van der Waals surface area contributed by atoms with Crippen molar-refractivity contribution in [2.75, 3.05) is 53.0 Å². The van der Waals surface area contributed by atoms with Gasteiger partial charge in [-0.25, -0.2) is 13.8 Å². The minimum atomic E-state index is -0.731. The molecule has 32 heavy (non-hydrogen) atoms. The Morgan fingerprint density at radius 2 is 2.00 bits per heavy atom. The molecule has 0 unspecified atom stereocenters. The number of carbonyl (C=O) groups is 2. The van der Waals surface area contributed by atoms with Gasteiger partial charge < -0.3 is 19.4 Å². The van der Waals surface area contributed by atoms with Gasteiger partial charge in [0.1, 0.15) is 11.6 Å². The van der Waals surface area contributed by atoms with Gasteiger partial charge in [-0.05, 0) is 18.6 Å². The van der Waals surface area contributed by atoms with Crippen LogP contribution in [0.1, 0.15) is 18.7 Å². The number of oxazole rings is 1. The quantitative estimate of drug-likeness (QED) is 0.556. The predicted octanol–water partition coefficient (Wildman–Crippen LogP) is 1.85. The average Bonchev–Trinajstić information content (AvgIpc) is 3.24. The Morgan fingerprint density at radius 3 is 2.72 bits per heavy atom. The molecule has 1 fully saturated rings. The Morgan fingerprint density at radius 1 is 1.22 bits per heavy atom. The Kier molecular flexibility index (Phi) is 8.69. The molecule has 3 rings (SSSR count). The number of nitrogens with zero attached hydrogens (tertiary/aromatic N) is 3. The highest BCUT2D eigenvalue weighted by Crippen LogP contribution is 2.24. The van der Waals surface area contributed by atoms with Crippen LogP contribution in [0, 0.1) is 11.6 Å². The fourth-order valence-electron chi connectivity index (χ4n) is 3.47. The summed E-state index contributed by atoms with van der Waals surface area (Å²) in [5.41, 5.74) is 0.121. The lowest BCUT2D eigenvalue weighted by Gasteiger charge is -2.34. The predicted molar refractivity (Wildman–Crippen MR) is 113 cm³/mol. The fraction of sp³-hybridized carbons (Fsp3) is 0.500. The third-order valence-electron chi connectivity index (χ3n) is 5.24. The van der Waals surface area contributed by atoms with Gasteiger partial charge in [0.2, 0.25) is 11.8 Å². The number of nitrogens with one attached hydrogen (secondary N) is 1. The molecule has 2 heterocycles. The first-order valence-corrected chi connectivity index (χ1v) is 10.6. The van der Waals surface area contributed by atoms with Crippen LogP contribution < -0.4 is 5.32 Å². The number of aryl methyl sites for hydroxylation is 1. The van der Waals surface area contributed by atoms with Crippen LogP contribution in [0.2, 0.25) is 0 Å². The van der Waals surface area contributed by atoms with E-state index in [1.54, 1.807) is 12.0 Å². The minimum absolute atomic E-state index is 0.0265. The maximum atomic E-state index is 13.9. The third kappa shape index (κ3) is 6.83. The Hall–Kier alpha value is -2.85. The summed E-state index contributed by atoms with van der Waals surface area (Å²) in [6, 6.07) is 3.22. The van der Waals surface area contributed by atoms with Gasteiger partial charge in [-0.15, -0.1) is 0 Å². The first kappa shape index (κ1) is 23.8. The summed E-state index contributed by atoms with van der Waals surface area (Å²) < 4.78 is 37.4. The Bertz CT molecular complexity index is 913. The van der Waals surface area contributed by atoms with Gasteiger partial charge >= 0.3 is 0 Å². The van der Waals surface area contributed by atoms with E-state index in [1.165, 1.54) is 12.3 Å². The standard InChI is InChI=1S/C22H28F2N4O4/c1-31-12-2-7-25-20(29)15-27-8-10-28(11-9-27)22(30)6-5-21-26-14-19(32-21)17-4-3-16(23)13-18(17)24/h3-4,13-14H,2,5-12,15H2,1H3,(H,25,29). The van der Waals surface area contributed by atoms with Crippen molar-refractivity contribution in [2.45, 2.75) is 19.3 Å². The Balaban J connectivity index is 1.39. The lowest BCUT2D eigenvalue weighted by atomic mass is 10.2. The van der Waals surface area contributed by atoms with Crippen molar-refractivity contribution >= 4 is 11.8 Å². The minimum Gasteiger partial charge on any atom is -0.441 e. The molecule has 10 heteroatoms. The zero-order valence-electron chi connectivity index (χ0n) is 18.1. The SMILES string of the molecule is COCCCNC(=O)CN1CCN(C(=O)CCc2ncc(-c3ccc(F)cc3F)o2)CC1. The van der Waals surface area contributed by atoms with E-state index < -0.39 is 11.6 Å². The van der Waals surface area contributed by atoms with E-state index in [4.69, 9.17) is 9.15 Å². The molecule has 1 aliphatic heterocycles. The van der Waals surface area contributed by atoms with Gasteiger partial charge in [0.25, 0.3) is 0 Å². The van der Waals surface area contributed by atoms with Gasteiger partial charge in [0, 0.05) is 65.3 Å². The molecule has 8 nitrogen and oxygen atoms in total. The molecule has 1 aromatic carbocycles. The van der Waals surface area contributed by atoms with Crippen LogP contribution in [-0.2, 0) is 20.7 Å². The van der Waals surface area contributed by atoms with Gasteiger partial charge in [-0.3, -0.25) is 14.5 Å². The van der Waals surface area contributed by atoms with Crippen molar-refractivity contribution < 1.29 is 27.5 Å². The van der Waals surface area contributed by atoms with Gasteiger partial charge in [0.15, 0.2) is 11.7 Å². The van der Waals surface area contributed by atoms with Crippen LogP contribution in [0.4, 0.5) is 8.78 Å². The van der Waals surface area contributed by atoms with Crippen molar-refractivity contribution in [3.63, 3.8) is 0 Å². The van der Waals surface area contributed by atoms with Crippen molar-refractivity contribution in [3.05, 3.63) is 41.9 Å². The van der Waals surface area contributed by atoms with Crippen LogP contribution in [0.5, 0.6) is 0 Å². The summed E-state index contributed by atoms with van der Waals surface area (Å²) in [4.78, 5) is 32.4. The van der Waals surface area contributed by atoms with E-state index in [9.17, 15) is 18.4 Å². The molecule has 0 aliphatic carbocycles. The summed E-state index contributed by atoms with van der Waals surface area (Å²) in [5.74, 6) is -0.941. The fourth-order valence-corrected chi connectivity index (χ4v) is 3.47. The highest BCUT2D eigenvalue weighted by atomic mass is 19.1. The number of aromatic nitrogens is 1. The highest BCUT2D eigenvalue weighted by molar-refractivity contribution is 5.78. The van der Waals surface area contributed by atoms with E-state index in [2.05, 4.69) is 10.3 Å². The number of halogens is 2. The summed E-state index contributed by atoms with van der Waals surface area (Å²) in [5, 5.41) is 2.86. The number of amides is 2. The zero-order valence-corrected chi connectivity index (χ0v) is 18.1. The van der Waals surface area contributed by atoms with Crippen LogP contribution in [-0.4, -0.2) is 79.6 Å². The topological polar surface area (TPSA) is 87.9 Å². The van der Waals surface area contributed by atoms with E-state index in [0.29, 0.717) is 51.8 Å². The van der Waals surface area contributed by atoms with Crippen molar-refractivity contribution in [1.82, 2.24) is 20.1 Å². The molecular formula is C22H28F2N4O4. The maximum absolute atomic E-state index is 13.9. The van der Waals surface area contributed by atoms with Crippen molar-refractivity contribution in [1.29, 1.82) is 0 Å². The van der Waals surface area contributed by atoms with Crippen molar-refractivity contribution in [3.8, 4) is 11.3 Å². The first-order chi connectivity index (χ1) is 15.5. The summed E-state index contributed by atoms with van der Waals surface area (Å²) in [6.07, 6.45) is 2.64. The molecule has 0 spiro atoms. The van der Waals surface area contributed by atoms with Crippen LogP contribution >= 0.6 is 0 Å². The number of ether oxygens (including phenoxy) is 1. The number of rotatable bonds is 10. The van der Waals surface area contributed by atoms with Crippen LogP contribution in [0.15, 0.2) is 28.8 Å². The lowest BCUT2D eigenvalue weighted by Crippen LogP contribution is -2.51. The van der Waals surface area contributed by atoms with E-state index in [-0.39, 0.29) is 36.0 Å². The van der Waals surface area contributed by atoms with Gasteiger partial charge in [0.05, 0.1) is 18.3 Å². The van der Waals surface area contributed by atoms with Gasteiger partial charge in [-0.2, -0.15) is 0 Å². The molecular weight excluding hydrogens is 422 g/mol. The molecule has 0 bridgehead atoms. The molecule has 1 saturated heterocycles. The number of piperazine rings is 1. The smallest absolute Gasteiger partial charge is 0.234 e. The average molecular weight is 450 g/mol. The number of benzene rings is 1. The first-order valence-electron chi connectivity index (χ1n) is 10.6. The summed E-state index contributed by atoms with van der Waals surface area (Å²) in [7, 11) is 1.63. The molecule has 2 aromatic rings. The maximum Gasteiger partial charge on any atom is 0.234 e. The van der Waals surface area contributed by atoms with Crippen molar-refractivity contribution in [2.24, 2.45) is 0 Å². The largest absolute Gasteiger partial charge is 0.441 e. The van der Waals surface area contributed by atoms with Crippen LogP contribution in [0.25, 0.3) is 11.3 Å². The number of methoxy groups -OCH3 is 1. The van der Waals surface area contributed by atoms with E-state index in [0.717, 1.165) is 18.6 Å². The molecule has 0 saturated carbocycles.